The molecule has 0 radical (unpaired) electrons. The zero-order valence-corrected chi connectivity index (χ0v) is 15.8. The molecule has 0 N–H and O–H groups in total. The second-order valence-electron chi connectivity index (χ2n) is 6.58. The minimum atomic E-state index is -1.30. The van der Waals surface area contributed by atoms with E-state index in [2.05, 4.69) is 5.10 Å². The quantitative estimate of drug-likeness (QED) is 0.319. The average molecular weight is 416 g/mol. The van der Waals surface area contributed by atoms with Crippen LogP contribution in [0.25, 0.3) is 10.9 Å². The molecule has 0 spiro atoms. The topological polar surface area (TPSA) is 36.3 Å². The van der Waals surface area contributed by atoms with Crippen LogP contribution in [0.2, 0.25) is 0 Å². The highest BCUT2D eigenvalue weighted by atomic mass is 19.2. The highest BCUT2D eigenvalue weighted by Crippen LogP contribution is 2.30. The van der Waals surface area contributed by atoms with Crippen molar-refractivity contribution < 1.29 is 27.0 Å². The minimum absolute atomic E-state index is 0.106. The molecule has 4 rings (SSSR count). The summed E-state index contributed by atoms with van der Waals surface area (Å²) in [5.74, 6) is -3.09. The highest BCUT2D eigenvalue weighted by molar-refractivity contribution is 5.86. The van der Waals surface area contributed by atoms with Gasteiger partial charge in [0.1, 0.15) is 24.0 Å². The fourth-order valence-electron chi connectivity index (χ4n) is 3.09. The van der Waals surface area contributed by atoms with Crippen LogP contribution in [0.3, 0.4) is 0 Å². The third kappa shape index (κ3) is 3.80. The number of hydrogen-bond acceptors (Lipinski definition) is 3. The van der Waals surface area contributed by atoms with Crippen molar-refractivity contribution >= 4 is 10.9 Å². The molecule has 30 heavy (non-hydrogen) atoms. The van der Waals surface area contributed by atoms with Gasteiger partial charge < -0.3 is 9.47 Å². The molecule has 1 aromatic heterocycles. The lowest BCUT2D eigenvalue weighted by Crippen LogP contribution is -2.05. The number of nitrogens with zero attached hydrogens (tertiary/aromatic N) is 2. The normalized spacial score (nSPS) is 11.1. The Morgan fingerprint density at radius 3 is 2.37 bits per heavy atom. The van der Waals surface area contributed by atoms with Crippen molar-refractivity contribution in [3.05, 3.63) is 89.0 Å². The summed E-state index contributed by atoms with van der Waals surface area (Å²) in [5, 5.41) is 4.94. The van der Waals surface area contributed by atoms with Gasteiger partial charge in [0.05, 0.1) is 30.1 Å². The van der Waals surface area contributed by atoms with Crippen LogP contribution in [0.5, 0.6) is 11.6 Å². The first-order valence-electron chi connectivity index (χ1n) is 9.00. The molecule has 0 unspecified atom stereocenters. The Labute approximate surface area is 169 Å². The second-order valence-corrected chi connectivity index (χ2v) is 6.58. The predicted molar refractivity (Wildman–Crippen MR) is 102 cm³/mol. The van der Waals surface area contributed by atoms with Crippen molar-refractivity contribution in [3.63, 3.8) is 0 Å². The molecule has 154 valence electrons. The molecule has 4 nitrogen and oxygen atoms in total. The number of methoxy groups -OCH3 is 1. The molecule has 0 aliphatic rings. The first-order valence-corrected chi connectivity index (χ1v) is 9.00. The van der Waals surface area contributed by atoms with Gasteiger partial charge in [0.2, 0.25) is 5.88 Å². The molecule has 0 fully saturated rings. The van der Waals surface area contributed by atoms with E-state index in [4.69, 9.17) is 9.47 Å². The van der Waals surface area contributed by atoms with Gasteiger partial charge in [0.25, 0.3) is 0 Å². The number of halogens is 4. The van der Waals surface area contributed by atoms with Crippen molar-refractivity contribution in [1.82, 2.24) is 9.78 Å². The van der Waals surface area contributed by atoms with Gasteiger partial charge in [-0.15, -0.1) is 5.10 Å². The molecule has 0 saturated heterocycles. The van der Waals surface area contributed by atoms with Crippen molar-refractivity contribution in [1.29, 1.82) is 0 Å². The van der Waals surface area contributed by atoms with Gasteiger partial charge in [-0.1, -0.05) is 12.1 Å². The van der Waals surface area contributed by atoms with Gasteiger partial charge in [0, 0.05) is 0 Å². The fourth-order valence-corrected chi connectivity index (χ4v) is 3.09. The zero-order valence-electron chi connectivity index (χ0n) is 15.8. The molecular weight excluding hydrogens is 400 g/mol. The predicted octanol–water partition coefficient (Wildman–Crippen LogP) is 5.23. The number of rotatable bonds is 6. The molecule has 8 heteroatoms. The van der Waals surface area contributed by atoms with Crippen LogP contribution in [0, 0.1) is 23.3 Å². The summed E-state index contributed by atoms with van der Waals surface area (Å²) in [6, 6.07) is 12.7. The molecule has 3 aromatic carbocycles. The van der Waals surface area contributed by atoms with E-state index in [0.717, 1.165) is 11.6 Å². The lowest BCUT2D eigenvalue weighted by Gasteiger charge is -2.07. The maximum atomic E-state index is 14.0. The van der Waals surface area contributed by atoms with Crippen LogP contribution in [-0.4, -0.2) is 16.9 Å². The molecular formula is C22H16F4N2O2. The lowest BCUT2D eigenvalue weighted by atomic mass is 10.2. The average Bonchev–Trinajstić information content (AvgIpc) is 3.09. The standard InChI is InChI=1S/C22H16F4N2O2/c1-29-15-6-9-20-16(10-15)22(27-28(20)11-13-2-4-14(23)5-3-13)30-12-17-18(24)7-8-19(25)21(17)26/h2-10H,11-12H2,1H3. The van der Waals surface area contributed by atoms with Gasteiger partial charge in [-0.25, -0.2) is 17.6 Å². The van der Waals surface area contributed by atoms with Crippen LogP contribution >= 0.6 is 0 Å². The first kappa shape index (κ1) is 19.8. The van der Waals surface area contributed by atoms with Crippen LogP contribution in [0.15, 0.2) is 54.6 Å². The van der Waals surface area contributed by atoms with Crippen molar-refractivity contribution in [2.75, 3.05) is 7.11 Å². The Hall–Kier alpha value is -3.55. The van der Waals surface area contributed by atoms with Gasteiger partial charge >= 0.3 is 0 Å². The molecule has 0 aliphatic carbocycles. The number of ether oxygens (including phenoxy) is 2. The Bertz CT molecular complexity index is 1210. The molecule has 0 bridgehead atoms. The molecule has 1 heterocycles. The number of hydrogen-bond donors (Lipinski definition) is 0. The number of benzene rings is 3. The van der Waals surface area contributed by atoms with Gasteiger partial charge in [-0.3, -0.25) is 4.68 Å². The molecule has 4 aromatic rings. The minimum Gasteiger partial charge on any atom is -0.497 e. The third-order valence-electron chi connectivity index (χ3n) is 4.66. The largest absolute Gasteiger partial charge is 0.497 e. The maximum absolute atomic E-state index is 14.0. The van der Waals surface area contributed by atoms with Crippen LogP contribution in [0.4, 0.5) is 17.6 Å². The summed E-state index contributed by atoms with van der Waals surface area (Å²) in [6.45, 7) is -0.232. The number of aromatic nitrogens is 2. The van der Waals surface area contributed by atoms with E-state index in [1.807, 2.05) is 0 Å². The van der Waals surface area contributed by atoms with E-state index in [1.165, 1.54) is 19.2 Å². The molecule has 0 atom stereocenters. The summed E-state index contributed by atoms with van der Waals surface area (Å²) in [5.41, 5.74) is 0.944. The summed E-state index contributed by atoms with van der Waals surface area (Å²) < 4.78 is 66.9. The maximum Gasteiger partial charge on any atom is 0.241 e. The first-order chi connectivity index (χ1) is 14.5. The van der Waals surface area contributed by atoms with Crippen molar-refractivity contribution in [3.8, 4) is 11.6 Å². The fraction of sp³-hybridized carbons (Fsp3) is 0.136. The summed E-state index contributed by atoms with van der Waals surface area (Å²) in [6.07, 6.45) is 0. The van der Waals surface area contributed by atoms with E-state index in [9.17, 15) is 17.6 Å². The highest BCUT2D eigenvalue weighted by Gasteiger charge is 2.18. The van der Waals surface area contributed by atoms with E-state index in [1.54, 1.807) is 35.0 Å². The molecule has 0 amide bonds. The van der Waals surface area contributed by atoms with Crippen LogP contribution in [0.1, 0.15) is 11.1 Å². The van der Waals surface area contributed by atoms with Gasteiger partial charge in [-0.05, 0) is 48.0 Å². The Balaban J connectivity index is 1.70. The van der Waals surface area contributed by atoms with Crippen LogP contribution < -0.4 is 9.47 Å². The Morgan fingerprint density at radius 2 is 1.63 bits per heavy atom. The Morgan fingerprint density at radius 1 is 0.900 bits per heavy atom. The van der Waals surface area contributed by atoms with E-state index >= 15 is 0 Å². The van der Waals surface area contributed by atoms with Gasteiger partial charge in [-0.2, -0.15) is 0 Å². The third-order valence-corrected chi connectivity index (χ3v) is 4.66. The van der Waals surface area contributed by atoms with E-state index < -0.39 is 29.6 Å². The second kappa shape index (κ2) is 8.06. The van der Waals surface area contributed by atoms with E-state index in [0.29, 0.717) is 29.3 Å². The lowest BCUT2D eigenvalue weighted by molar-refractivity contribution is 0.278. The van der Waals surface area contributed by atoms with Crippen LogP contribution in [-0.2, 0) is 13.2 Å². The summed E-state index contributed by atoms with van der Waals surface area (Å²) in [7, 11) is 1.50. The SMILES string of the molecule is COc1ccc2c(c1)c(OCc1c(F)ccc(F)c1F)nn2Cc1ccc(F)cc1. The Kier molecular flexibility index (Phi) is 5.31. The molecule has 0 saturated carbocycles. The summed E-state index contributed by atoms with van der Waals surface area (Å²) >= 11 is 0. The van der Waals surface area contributed by atoms with Gasteiger partial charge in [0.15, 0.2) is 11.6 Å². The van der Waals surface area contributed by atoms with Crippen molar-refractivity contribution in [2.45, 2.75) is 13.2 Å². The zero-order chi connectivity index (χ0) is 21.3. The smallest absolute Gasteiger partial charge is 0.241 e. The van der Waals surface area contributed by atoms with E-state index in [-0.39, 0.29) is 11.7 Å². The number of fused-ring (bicyclic) bond motifs is 1. The molecule has 0 aliphatic heterocycles. The monoisotopic (exact) mass is 416 g/mol. The van der Waals surface area contributed by atoms with Crippen molar-refractivity contribution in [2.24, 2.45) is 0 Å². The summed E-state index contributed by atoms with van der Waals surface area (Å²) in [4.78, 5) is 0.